The maximum absolute atomic E-state index is 12.0. The van der Waals surface area contributed by atoms with Gasteiger partial charge in [0.1, 0.15) is 0 Å². The van der Waals surface area contributed by atoms with E-state index in [-0.39, 0.29) is 24.0 Å². The fourth-order valence-corrected chi connectivity index (χ4v) is 2.19. The molecule has 19 heavy (non-hydrogen) atoms. The van der Waals surface area contributed by atoms with Gasteiger partial charge >= 0.3 is 6.03 Å². The van der Waals surface area contributed by atoms with Gasteiger partial charge in [-0.05, 0) is 12.3 Å². The van der Waals surface area contributed by atoms with E-state index in [1.165, 1.54) is 4.90 Å². The van der Waals surface area contributed by atoms with Gasteiger partial charge in [0.25, 0.3) is 0 Å². The number of amides is 3. The molecule has 1 aliphatic heterocycles. The lowest BCUT2D eigenvalue weighted by atomic mass is 9.92. The second kappa shape index (κ2) is 7.33. The van der Waals surface area contributed by atoms with Gasteiger partial charge in [0.05, 0.1) is 12.0 Å². The zero-order valence-electron chi connectivity index (χ0n) is 12.2. The first-order valence-corrected chi connectivity index (χ1v) is 6.78. The van der Waals surface area contributed by atoms with Crippen LogP contribution in [-0.2, 0) is 9.53 Å². The molecule has 110 valence electrons. The lowest BCUT2D eigenvalue weighted by Gasteiger charge is -2.21. The van der Waals surface area contributed by atoms with Crippen LogP contribution in [0.3, 0.4) is 0 Å². The first-order valence-electron chi connectivity index (χ1n) is 6.78. The first kappa shape index (κ1) is 15.8. The molecule has 1 fully saturated rings. The third kappa shape index (κ3) is 4.70. The summed E-state index contributed by atoms with van der Waals surface area (Å²) in [6.45, 7) is 5.65. The quantitative estimate of drug-likeness (QED) is 0.713. The lowest BCUT2D eigenvalue weighted by Crippen LogP contribution is -2.42. The molecular weight excluding hydrogens is 246 g/mol. The van der Waals surface area contributed by atoms with E-state index in [1.807, 2.05) is 0 Å². The highest BCUT2D eigenvalue weighted by Crippen LogP contribution is 2.26. The average molecular weight is 271 g/mol. The summed E-state index contributed by atoms with van der Waals surface area (Å²) in [5, 5.41) is 5.55. The minimum atomic E-state index is -0.154. The number of ether oxygens (including phenoxy) is 1. The van der Waals surface area contributed by atoms with Gasteiger partial charge < -0.3 is 20.3 Å². The molecule has 3 amide bonds. The van der Waals surface area contributed by atoms with Crippen molar-refractivity contribution in [2.24, 2.45) is 11.8 Å². The monoisotopic (exact) mass is 271 g/mol. The van der Waals surface area contributed by atoms with E-state index in [0.717, 1.165) is 6.42 Å². The topological polar surface area (TPSA) is 70.7 Å². The number of carbonyl (C=O) groups excluding carboxylic acids is 2. The molecule has 0 saturated carbocycles. The molecule has 6 heteroatoms. The Morgan fingerprint density at radius 2 is 1.89 bits per heavy atom. The summed E-state index contributed by atoms with van der Waals surface area (Å²) < 4.78 is 5.59. The minimum Gasteiger partial charge on any atom is -0.377 e. The third-order valence-corrected chi connectivity index (χ3v) is 3.24. The highest BCUT2D eigenvalue weighted by Gasteiger charge is 2.35. The van der Waals surface area contributed by atoms with Gasteiger partial charge in [-0.2, -0.15) is 0 Å². The van der Waals surface area contributed by atoms with Crippen molar-refractivity contribution in [1.29, 1.82) is 0 Å². The molecule has 0 aromatic carbocycles. The fraction of sp³-hybridized carbons (Fsp3) is 0.846. The van der Waals surface area contributed by atoms with Crippen LogP contribution in [-0.4, -0.2) is 56.7 Å². The van der Waals surface area contributed by atoms with Gasteiger partial charge in [0.15, 0.2) is 0 Å². The van der Waals surface area contributed by atoms with E-state index in [9.17, 15) is 9.59 Å². The molecule has 0 aromatic rings. The Bertz CT molecular complexity index is 318. The van der Waals surface area contributed by atoms with Crippen molar-refractivity contribution >= 4 is 11.9 Å². The van der Waals surface area contributed by atoms with Crippen LogP contribution in [0.15, 0.2) is 0 Å². The molecule has 0 bridgehead atoms. The van der Waals surface area contributed by atoms with Crippen LogP contribution >= 0.6 is 0 Å². The molecule has 2 N–H and O–H groups in total. The van der Waals surface area contributed by atoms with Crippen molar-refractivity contribution in [3.05, 3.63) is 0 Å². The van der Waals surface area contributed by atoms with Gasteiger partial charge in [0, 0.05) is 33.8 Å². The third-order valence-electron chi connectivity index (χ3n) is 3.24. The number of rotatable bonds is 5. The Hall–Kier alpha value is -1.30. The molecule has 1 saturated heterocycles. The number of carbonyl (C=O) groups is 2. The first-order chi connectivity index (χ1) is 8.93. The second-order valence-corrected chi connectivity index (χ2v) is 5.39. The summed E-state index contributed by atoms with van der Waals surface area (Å²) in [7, 11) is 3.36. The smallest absolute Gasteiger partial charge is 0.316 e. The summed E-state index contributed by atoms with van der Waals surface area (Å²) in [6, 6.07) is -0.154. The summed E-state index contributed by atoms with van der Waals surface area (Å²) in [5.41, 5.74) is 0. The maximum Gasteiger partial charge on any atom is 0.316 e. The second-order valence-electron chi connectivity index (χ2n) is 5.39. The van der Waals surface area contributed by atoms with Gasteiger partial charge in [-0.1, -0.05) is 13.8 Å². The highest BCUT2D eigenvalue weighted by molar-refractivity contribution is 5.79. The summed E-state index contributed by atoms with van der Waals surface area (Å²) in [5.74, 6) is 0.298. The Morgan fingerprint density at radius 3 is 2.47 bits per heavy atom. The van der Waals surface area contributed by atoms with E-state index in [4.69, 9.17) is 4.74 Å². The molecule has 0 aliphatic carbocycles. The maximum atomic E-state index is 12.0. The largest absolute Gasteiger partial charge is 0.377 e. The van der Waals surface area contributed by atoms with Crippen LogP contribution in [0.25, 0.3) is 0 Å². The van der Waals surface area contributed by atoms with Gasteiger partial charge in [-0.15, -0.1) is 0 Å². The van der Waals surface area contributed by atoms with Gasteiger partial charge in [0.2, 0.25) is 5.91 Å². The molecule has 1 aliphatic rings. The Labute approximate surface area is 114 Å². The normalized spacial score (nSPS) is 22.4. The minimum absolute atomic E-state index is 0.0105. The van der Waals surface area contributed by atoms with Crippen molar-refractivity contribution in [2.75, 3.05) is 33.8 Å². The number of urea groups is 1. The van der Waals surface area contributed by atoms with E-state index in [1.54, 1.807) is 14.1 Å². The summed E-state index contributed by atoms with van der Waals surface area (Å²) in [4.78, 5) is 24.8. The van der Waals surface area contributed by atoms with Gasteiger partial charge in [-0.3, -0.25) is 4.79 Å². The van der Waals surface area contributed by atoms with Crippen LogP contribution in [0.1, 0.15) is 20.3 Å². The highest BCUT2D eigenvalue weighted by atomic mass is 16.5. The van der Waals surface area contributed by atoms with Crippen molar-refractivity contribution in [2.45, 2.75) is 26.4 Å². The molecular formula is C13H25N3O3. The van der Waals surface area contributed by atoms with Crippen LogP contribution in [0.4, 0.5) is 4.79 Å². The van der Waals surface area contributed by atoms with Gasteiger partial charge in [-0.25, -0.2) is 4.79 Å². The zero-order valence-corrected chi connectivity index (χ0v) is 12.2. The van der Waals surface area contributed by atoms with Crippen LogP contribution in [0, 0.1) is 11.8 Å². The number of hydrogen-bond donors (Lipinski definition) is 2. The molecule has 2 atom stereocenters. The lowest BCUT2D eigenvalue weighted by molar-refractivity contribution is -0.127. The Kier molecular flexibility index (Phi) is 6.08. The number of hydrogen-bond acceptors (Lipinski definition) is 3. The van der Waals surface area contributed by atoms with Crippen molar-refractivity contribution in [3.8, 4) is 0 Å². The van der Waals surface area contributed by atoms with E-state index in [0.29, 0.717) is 25.6 Å². The summed E-state index contributed by atoms with van der Waals surface area (Å²) in [6.07, 6.45) is 0.787. The molecule has 1 rings (SSSR count). The predicted octanol–water partition coefficient (Wildman–Crippen LogP) is 0.435. The van der Waals surface area contributed by atoms with Crippen LogP contribution < -0.4 is 10.6 Å². The summed E-state index contributed by atoms with van der Waals surface area (Å²) >= 11 is 0. The van der Waals surface area contributed by atoms with Crippen LogP contribution in [0.5, 0.6) is 0 Å². The molecule has 6 nitrogen and oxygen atoms in total. The van der Waals surface area contributed by atoms with Crippen molar-refractivity contribution < 1.29 is 14.3 Å². The van der Waals surface area contributed by atoms with E-state index >= 15 is 0 Å². The van der Waals surface area contributed by atoms with Crippen molar-refractivity contribution in [1.82, 2.24) is 15.5 Å². The Morgan fingerprint density at radius 1 is 1.26 bits per heavy atom. The predicted molar refractivity (Wildman–Crippen MR) is 72.8 cm³/mol. The number of nitrogens with one attached hydrogen (secondary N) is 2. The van der Waals surface area contributed by atoms with Crippen LogP contribution in [0.2, 0.25) is 0 Å². The SMILES string of the molecule is CC(C)[C@@H]1OCC[C@H]1C(=O)NCCNC(=O)N(C)C. The van der Waals surface area contributed by atoms with E-state index < -0.39 is 0 Å². The van der Waals surface area contributed by atoms with E-state index in [2.05, 4.69) is 24.5 Å². The Balaban J connectivity index is 2.26. The zero-order chi connectivity index (χ0) is 14.4. The number of nitrogens with zero attached hydrogens (tertiary/aromatic N) is 1. The molecule has 0 spiro atoms. The standard InChI is InChI=1S/C13H25N3O3/c1-9(2)11-10(5-8-19-11)12(17)14-6-7-15-13(18)16(3)4/h9-11H,5-8H2,1-4H3,(H,14,17)(H,15,18)/t10-,11+/m1/s1. The fourth-order valence-electron chi connectivity index (χ4n) is 2.19. The van der Waals surface area contributed by atoms with Crippen molar-refractivity contribution in [3.63, 3.8) is 0 Å². The molecule has 0 radical (unpaired) electrons. The molecule has 0 aromatic heterocycles. The molecule has 1 heterocycles. The molecule has 0 unspecified atom stereocenters. The average Bonchev–Trinajstić information content (AvgIpc) is 2.83.